The fourth-order valence-electron chi connectivity index (χ4n) is 1.65. The van der Waals surface area contributed by atoms with Crippen molar-refractivity contribution in [2.75, 3.05) is 11.9 Å². The van der Waals surface area contributed by atoms with E-state index in [1.54, 1.807) is 19.9 Å². The summed E-state index contributed by atoms with van der Waals surface area (Å²) in [6.45, 7) is 3.29. The van der Waals surface area contributed by atoms with Crippen LogP contribution in [0.2, 0.25) is 0 Å². The van der Waals surface area contributed by atoms with Crippen LogP contribution < -0.4 is 10.1 Å². The van der Waals surface area contributed by atoms with Crippen molar-refractivity contribution >= 4 is 27.5 Å². The molecule has 0 atom stereocenters. The molecule has 2 aromatic rings. The van der Waals surface area contributed by atoms with Crippen LogP contribution in [0.15, 0.2) is 22.7 Å². The first kappa shape index (κ1) is 14.5. The third-order valence-corrected chi connectivity index (χ3v) is 3.14. The Labute approximate surface area is 123 Å². The minimum absolute atomic E-state index is 0.0315. The quantitative estimate of drug-likeness (QED) is 0.898. The van der Waals surface area contributed by atoms with E-state index in [4.69, 9.17) is 4.74 Å². The lowest BCUT2D eigenvalue weighted by Crippen LogP contribution is -2.21. The Hall–Kier alpha value is -1.89. The lowest BCUT2D eigenvalue weighted by Gasteiger charge is -2.08. The summed E-state index contributed by atoms with van der Waals surface area (Å²) in [6, 6.07) is 4.37. The maximum atomic E-state index is 13.5. The van der Waals surface area contributed by atoms with Gasteiger partial charge in [-0.05, 0) is 32.0 Å². The number of amides is 1. The first-order chi connectivity index (χ1) is 9.47. The van der Waals surface area contributed by atoms with Gasteiger partial charge in [0.1, 0.15) is 0 Å². The summed E-state index contributed by atoms with van der Waals surface area (Å²) in [5.41, 5.74) is 2.06. The molecule has 0 aliphatic heterocycles. The van der Waals surface area contributed by atoms with Crippen molar-refractivity contribution in [3.8, 4) is 5.75 Å². The fraction of sp³-hybridized carbons (Fsp3) is 0.231. The van der Waals surface area contributed by atoms with E-state index in [0.29, 0.717) is 15.9 Å². The topological polar surface area (TPSA) is 67.0 Å². The normalized spacial score (nSPS) is 10.4. The molecule has 0 saturated carbocycles. The van der Waals surface area contributed by atoms with Crippen LogP contribution in [0, 0.1) is 19.7 Å². The molecule has 1 aromatic carbocycles. The van der Waals surface area contributed by atoms with Crippen LogP contribution in [0.5, 0.6) is 5.75 Å². The molecule has 20 heavy (non-hydrogen) atoms. The zero-order valence-electron chi connectivity index (χ0n) is 11.0. The molecule has 1 heterocycles. The Morgan fingerprint density at radius 3 is 2.85 bits per heavy atom. The highest BCUT2D eigenvalue weighted by Crippen LogP contribution is 2.21. The molecule has 0 unspecified atom stereocenters. The number of anilines is 1. The predicted molar refractivity (Wildman–Crippen MR) is 76.3 cm³/mol. The zero-order chi connectivity index (χ0) is 14.7. The van der Waals surface area contributed by atoms with Gasteiger partial charge in [-0.1, -0.05) is 15.9 Å². The number of halogens is 2. The summed E-state index contributed by atoms with van der Waals surface area (Å²) in [6.07, 6.45) is 0. The first-order valence-corrected chi connectivity index (χ1v) is 6.66. The number of aromatic nitrogens is 2. The van der Waals surface area contributed by atoms with Crippen LogP contribution in [-0.2, 0) is 4.79 Å². The van der Waals surface area contributed by atoms with E-state index < -0.39 is 5.82 Å². The summed E-state index contributed by atoms with van der Waals surface area (Å²) in [4.78, 5) is 11.8. The Kier molecular flexibility index (Phi) is 4.39. The maximum Gasteiger partial charge on any atom is 0.262 e. The second-order valence-corrected chi connectivity index (χ2v) is 5.14. The lowest BCUT2D eigenvalue weighted by molar-refractivity contribution is -0.118. The van der Waals surface area contributed by atoms with E-state index in [2.05, 4.69) is 31.4 Å². The first-order valence-electron chi connectivity index (χ1n) is 5.86. The number of rotatable bonds is 4. The maximum absolute atomic E-state index is 13.5. The van der Waals surface area contributed by atoms with Gasteiger partial charge >= 0.3 is 0 Å². The highest BCUT2D eigenvalue weighted by atomic mass is 79.9. The molecule has 0 radical (unpaired) electrons. The zero-order valence-corrected chi connectivity index (χ0v) is 12.5. The number of nitrogens with one attached hydrogen (secondary N) is 2. The fourth-order valence-corrected chi connectivity index (χ4v) is 1.98. The molecular weight excluding hydrogens is 329 g/mol. The molecule has 2 rings (SSSR count). The van der Waals surface area contributed by atoms with Crippen LogP contribution in [-0.4, -0.2) is 22.7 Å². The second-order valence-electron chi connectivity index (χ2n) is 4.22. The number of ether oxygens (including phenoxy) is 1. The van der Waals surface area contributed by atoms with Gasteiger partial charge in [0.15, 0.2) is 18.2 Å². The van der Waals surface area contributed by atoms with Crippen molar-refractivity contribution in [2.45, 2.75) is 13.8 Å². The largest absolute Gasteiger partial charge is 0.481 e. The number of benzene rings is 1. The van der Waals surface area contributed by atoms with E-state index in [1.165, 1.54) is 12.1 Å². The summed E-state index contributed by atoms with van der Waals surface area (Å²) in [5.74, 6) is -0.869. The van der Waals surface area contributed by atoms with Gasteiger partial charge in [-0.25, -0.2) is 4.39 Å². The number of aryl methyl sites for hydroxylation is 2. The number of hydrogen-bond donors (Lipinski definition) is 2. The third kappa shape index (κ3) is 3.36. The molecule has 2 N–H and O–H groups in total. The predicted octanol–water partition coefficient (Wildman–Crippen LogP) is 2.95. The molecule has 0 aliphatic carbocycles. The van der Waals surface area contributed by atoms with Crippen LogP contribution in [0.1, 0.15) is 11.4 Å². The van der Waals surface area contributed by atoms with Crippen molar-refractivity contribution < 1.29 is 13.9 Å². The second kappa shape index (κ2) is 6.04. The highest BCUT2D eigenvalue weighted by molar-refractivity contribution is 9.10. The standard InChI is InChI=1S/C13H13BrFN3O2/c1-7-13(8(2)18-17-7)16-12(19)6-20-11-4-3-9(14)5-10(11)15/h3-5H,6H2,1-2H3,(H,16,19)(H,17,18). The molecular formula is C13H13BrFN3O2. The van der Waals surface area contributed by atoms with Gasteiger partial charge in [-0.3, -0.25) is 9.89 Å². The number of aromatic amines is 1. The molecule has 1 aromatic heterocycles. The number of carbonyl (C=O) groups is 1. The average Bonchev–Trinajstić information content (AvgIpc) is 2.69. The molecule has 106 valence electrons. The third-order valence-electron chi connectivity index (χ3n) is 2.65. The number of carbonyl (C=O) groups excluding carboxylic acids is 1. The van der Waals surface area contributed by atoms with Gasteiger partial charge in [0.2, 0.25) is 0 Å². The summed E-state index contributed by atoms with van der Waals surface area (Å²) < 4.78 is 19.3. The summed E-state index contributed by atoms with van der Waals surface area (Å²) in [7, 11) is 0. The van der Waals surface area contributed by atoms with Crippen molar-refractivity contribution in [3.63, 3.8) is 0 Å². The molecule has 5 nitrogen and oxygen atoms in total. The van der Waals surface area contributed by atoms with Gasteiger partial charge in [0.05, 0.1) is 17.1 Å². The van der Waals surface area contributed by atoms with E-state index in [9.17, 15) is 9.18 Å². The van der Waals surface area contributed by atoms with Crippen LogP contribution in [0.4, 0.5) is 10.1 Å². The van der Waals surface area contributed by atoms with Gasteiger partial charge in [0.25, 0.3) is 5.91 Å². The van der Waals surface area contributed by atoms with E-state index in [-0.39, 0.29) is 18.3 Å². The Bertz CT molecular complexity index is 623. The summed E-state index contributed by atoms with van der Waals surface area (Å²) >= 11 is 3.15. The van der Waals surface area contributed by atoms with Gasteiger partial charge in [-0.15, -0.1) is 0 Å². The van der Waals surface area contributed by atoms with Gasteiger partial charge < -0.3 is 10.1 Å². The molecule has 1 amide bonds. The average molecular weight is 342 g/mol. The Morgan fingerprint density at radius 1 is 1.50 bits per heavy atom. The Morgan fingerprint density at radius 2 is 2.25 bits per heavy atom. The number of H-pyrrole nitrogens is 1. The Balaban J connectivity index is 1.96. The van der Waals surface area contributed by atoms with Crippen molar-refractivity contribution in [1.82, 2.24) is 10.2 Å². The molecule has 0 aliphatic rings. The SMILES string of the molecule is Cc1n[nH]c(C)c1NC(=O)COc1ccc(Br)cc1F. The van der Waals surface area contributed by atoms with Crippen LogP contribution in [0.25, 0.3) is 0 Å². The smallest absolute Gasteiger partial charge is 0.262 e. The molecule has 0 fully saturated rings. The number of hydrogen-bond acceptors (Lipinski definition) is 3. The van der Waals surface area contributed by atoms with E-state index >= 15 is 0 Å². The van der Waals surface area contributed by atoms with Crippen molar-refractivity contribution in [1.29, 1.82) is 0 Å². The van der Waals surface area contributed by atoms with E-state index in [1.807, 2.05) is 0 Å². The van der Waals surface area contributed by atoms with Gasteiger partial charge in [-0.2, -0.15) is 5.10 Å². The van der Waals surface area contributed by atoms with Crippen molar-refractivity contribution in [2.24, 2.45) is 0 Å². The minimum Gasteiger partial charge on any atom is -0.481 e. The van der Waals surface area contributed by atoms with Crippen molar-refractivity contribution in [3.05, 3.63) is 39.9 Å². The number of nitrogens with zero attached hydrogens (tertiary/aromatic N) is 1. The van der Waals surface area contributed by atoms with Gasteiger partial charge in [0, 0.05) is 4.47 Å². The van der Waals surface area contributed by atoms with Crippen LogP contribution >= 0.6 is 15.9 Å². The molecule has 7 heteroatoms. The van der Waals surface area contributed by atoms with Crippen LogP contribution in [0.3, 0.4) is 0 Å². The molecule has 0 saturated heterocycles. The summed E-state index contributed by atoms with van der Waals surface area (Å²) in [5, 5.41) is 9.40. The molecule has 0 bridgehead atoms. The monoisotopic (exact) mass is 341 g/mol. The molecule has 0 spiro atoms. The van der Waals surface area contributed by atoms with E-state index in [0.717, 1.165) is 5.69 Å². The minimum atomic E-state index is -0.525. The highest BCUT2D eigenvalue weighted by Gasteiger charge is 2.12. The lowest BCUT2D eigenvalue weighted by atomic mass is 10.3.